The molecule has 2 N–H and O–H groups in total. The van der Waals surface area contributed by atoms with Gasteiger partial charge in [-0.15, -0.1) is 0 Å². The monoisotopic (exact) mass is 222 g/mol. The zero-order chi connectivity index (χ0) is 6.69. The van der Waals surface area contributed by atoms with E-state index in [9.17, 15) is 0 Å². The fourth-order valence-electron chi connectivity index (χ4n) is 0.477. The van der Waals surface area contributed by atoms with E-state index in [4.69, 9.17) is 5.21 Å². The third-order valence-corrected chi connectivity index (χ3v) is 1.63. The molecule has 0 fully saturated rings. The number of hydrogen-bond acceptors (Lipinski definition) is 3. The van der Waals surface area contributed by atoms with Gasteiger partial charge in [-0.1, -0.05) is 16.5 Å². The van der Waals surface area contributed by atoms with Crippen LogP contribution in [0.15, 0.2) is 16.0 Å². The molecule has 0 aromatic carbocycles. The standard InChI is InChI=1S/C5H6N2OS.BrH/c1-4(7-8)5-2-9-3-6-5;/h2-3,8H,1H3;1H. The van der Waals surface area contributed by atoms with E-state index in [1.54, 1.807) is 6.92 Å². The highest BCUT2D eigenvalue weighted by Crippen LogP contribution is 1.96. The van der Waals surface area contributed by atoms with E-state index in [1.807, 2.05) is 10.9 Å². The van der Waals surface area contributed by atoms with E-state index in [2.05, 4.69) is 10.1 Å². The Bertz CT molecular complexity index is 209. The Morgan fingerprint density at radius 1 is 1.80 bits per heavy atom. The maximum Gasteiger partial charge on any atom is 0.239 e. The maximum atomic E-state index is 8.28. The number of nitrogens with zero attached hydrogens (tertiary/aromatic N) is 1. The Kier molecular flexibility index (Phi) is 4.22. The van der Waals surface area contributed by atoms with Crippen LogP contribution in [0.3, 0.4) is 0 Å². The highest BCUT2D eigenvalue weighted by molar-refractivity contribution is 7.07. The minimum atomic E-state index is 0. The number of H-pyrrole nitrogens is 1. The molecule has 0 saturated carbocycles. The van der Waals surface area contributed by atoms with Crippen LogP contribution in [0.1, 0.15) is 12.6 Å². The Morgan fingerprint density at radius 3 is 2.90 bits per heavy atom. The van der Waals surface area contributed by atoms with Crippen LogP contribution in [0.2, 0.25) is 0 Å². The summed E-state index contributed by atoms with van der Waals surface area (Å²) in [5.41, 5.74) is 3.29. The zero-order valence-corrected chi connectivity index (χ0v) is 7.74. The highest BCUT2D eigenvalue weighted by Gasteiger charge is 2.04. The fourth-order valence-corrected chi connectivity index (χ4v) is 1.11. The molecule has 0 unspecified atom stereocenters. The molecule has 0 spiro atoms. The molecule has 0 amide bonds. The minimum Gasteiger partial charge on any atom is -1.00 e. The van der Waals surface area contributed by atoms with Gasteiger partial charge in [-0.05, 0) is 6.92 Å². The Morgan fingerprint density at radius 2 is 2.50 bits per heavy atom. The third kappa shape index (κ3) is 2.07. The smallest absolute Gasteiger partial charge is 0.239 e. The molecule has 56 valence electrons. The molecule has 3 nitrogen and oxygen atoms in total. The topological polar surface area (TPSA) is 46.7 Å². The lowest BCUT2D eigenvalue weighted by Gasteiger charge is -1.80. The number of oxime groups is 1. The van der Waals surface area contributed by atoms with Crippen molar-refractivity contribution in [3.63, 3.8) is 0 Å². The summed E-state index contributed by atoms with van der Waals surface area (Å²) in [6.45, 7) is 1.73. The van der Waals surface area contributed by atoms with Crippen LogP contribution in [0, 0.1) is 0 Å². The van der Waals surface area contributed by atoms with Crippen LogP contribution in [-0.2, 0) is 0 Å². The predicted octanol–water partition coefficient (Wildman–Crippen LogP) is -2.24. The van der Waals surface area contributed by atoms with Crippen LogP contribution in [0.4, 0.5) is 0 Å². The van der Waals surface area contributed by atoms with Crippen molar-refractivity contribution in [2.75, 3.05) is 0 Å². The first-order chi connectivity index (χ1) is 4.34. The van der Waals surface area contributed by atoms with Crippen molar-refractivity contribution >= 4 is 17.0 Å². The van der Waals surface area contributed by atoms with Gasteiger partial charge in [-0.3, -0.25) is 0 Å². The third-order valence-electron chi connectivity index (χ3n) is 1.01. The molecule has 0 atom stereocenters. The molecule has 5 heteroatoms. The van der Waals surface area contributed by atoms with Gasteiger partial charge in [0.05, 0.1) is 5.38 Å². The van der Waals surface area contributed by atoms with Crippen molar-refractivity contribution in [3.8, 4) is 0 Å². The van der Waals surface area contributed by atoms with E-state index in [1.165, 1.54) is 11.3 Å². The van der Waals surface area contributed by atoms with Crippen molar-refractivity contribution in [2.45, 2.75) is 6.92 Å². The maximum absolute atomic E-state index is 8.28. The summed E-state index contributed by atoms with van der Waals surface area (Å²) in [6, 6.07) is 0. The summed E-state index contributed by atoms with van der Waals surface area (Å²) in [5, 5.41) is 13.2. The van der Waals surface area contributed by atoms with Crippen molar-refractivity contribution < 1.29 is 27.2 Å². The molecule has 1 aromatic heterocycles. The van der Waals surface area contributed by atoms with Crippen LogP contribution in [0.25, 0.3) is 0 Å². The SMILES string of the molecule is CC(=NO)c1csc[nH+]1.[Br-]. The van der Waals surface area contributed by atoms with E-state index in [0.717, 1.165) is 5.69 Å². The number of aromatic nitrogens is 1. The van der Waals surface area contributed by atoms with Gasteiger partial charge in [-0.25, -0.2) is 4.98 Å². The van der Waals surface area contributed by atoms with Gasteiger partial charge in [0.2, 0.25) is 11.2 Å². The number of nitrogens with one attached hydrogen (secondary N) is 1. The summed E-state index contributed by atoms with van der Waals surface area (Å²) >= 11 is 1.54. The molecule has 1 aromatic rings. The van der Waals surface area contributed by atoms with Crippen molar-refractivity contribution in [1.29, 1.82) is 0 Å². The first-order valence-electron chi connectivity index (χ1n) is 2.47. The zero-order valence-electron chi connectivity index (χ0n) is 5.34. The molecule has 0 aliphatic rings. The Balaban J connectivity index is 0.000000810. The summed E-state index contributed by atoms with van der Waals surface area (Å²) in [5.74, 6) is 0. The summed E-state index contributed by atoms with van der Waals surface area (Å²) in [6.07, 6.45) is 0. The van der Waals surface area contributed by atoms with Gasteiger partial charge in [0.15, 0.2) is 0 Å². The van der Waals surface area contributed by atoms with Crippen molar-refractivity contribution in [3.05, 3.63) is 16.6 Å². The van der Waals surface area contributed by atoms with Gasteiger partial charge in [0.25, 0.3) is 0 Å². The number of rotatable bonds is 1. The first-order valence-corrected chi connectivity index (χ1v) is 3.42. The van der Waals surface area contributed by atoms with Crippen molar-refractivity contribution in [2.24, 2.45) is 5.16 Å². The summed E-state index contributed by atoms with van der Waals surface area (Å²) in [4.78, 5) is 2.92. The molecule has 0 radical (unpaired) electrons. The summed E-state index contributed by atoms with van der Waals surface area (Å²) < 4.78 is 0. The van der Waals surface area contributed by atoms with E-state index in [-0.39, 0.29) is 17.0 Å². The summed E-state index contributed by atoms with van der Waals surface area (Å²) in [7, 11) is 0. The second-order valence-corrected chi connectivity index (χ2v) is 2.36. The molecule has 0 aliphatic heterocycles. The average Bonchev–Trinajstić information content (AvgIpc) is 2.37. The molecule has 0 bridgehead atoms. The van der Waals surface area contributed by atoms with Gasteiger partial charge in [0, 0.05) is 0 Å². The lowest BCUT2D eigenvalue weighted by atomic mass is 10.3. The van der Waals surface area contributed by atoms with E-state index < -0.39 is 0 Å². The molecule has 1 rings (SSSR count). The molecule has 0 aliphatic carbocycles. The number of thiazole rings is 1. The first kappa shape index (κ1) is 9.58. The fraction of sp³-hybridized carbons (Fsp3) is 0.200. The Hall–Kier alpha value is -0.420. The van der Waals surface area contributed by atoms with Gasteiger partial charge < -0.3 is 22.2 Å². The largest absolute Gasteiger partial charge is 1.00 e. The molecular formula is C5H7BrN2OS. The number of hydrogen-bond donors (Lipinski definition) is 1. The quantitative estimate of drug-likeness (QED) is 0.327. The van der Waals surface area contributed by atoms with Gasteiger partial charge >= 0.3 is 0 Å². The molecule has 10 heavy (non-hydrogen) atoms. The lowest BCUT2D eigenvalue weighted by Crippen LogP contribution is -3.00. The van der Waals surface area contributed by atoms with Gasteiger partial charge in [-0.2, -0.15) is 0 Å². The molecule has 1 heterocycles. The van der Waals surface area contributed by atoms with Crippen LogP contribution >= 0.6 is 11.3 Å². The van der Waals surface area contributed by atoms with Crippen molar-refractivity contribution in [1.82, 2.24) is 0 Å². The second kappa shape index (κ2) is 4.40. The van der Waals surface area contributed by atoms with Crippen LogP contribution in [-0.4, -0.2) is 10.9 Å². The lowest BCUT2D eigenvalue weighted by molar-refractivity contribution is -0.372. The predicted molar refractivity (Wildman–Crippen MR) is 34.9 cm³/mol. The van der Waals surface area contributed by atoms with Gasteiger partial charge in [0.1, 0.15) is 5.71 Å². The van der Waals surface area contributed by atoms with E-state index in [0.29, 0.717) is 5.71 Å². The second-order valence-electron chi connectivity index (χ2n) is 1.62. The van der Waals surface area contributed by atoms with E-state index >= 15 is 0 Å². The highest BCUT2D eigenvalue weighted by atomic mass is 79.9. The minimum absolute atomic E-state index is 0. The van der Waals surface area contributed by atoms with Crippen LogP contribution in [0.5, 0.6) is 0 Å². The van der Waals surface area contributed by atoms with Crippen LogP contribution < -0.4 is 22.0 Å². The average molecular weight is 223 g/mol. The molecule has 0 saturated heterocycles. The number of halogens is 1. The Labute approximate surface area is 73.2 Å². The number of aromatic amines is 1. The normalized spacial score (nSPS) is 10.7. The molecular weight excluding hydrogens is 216 g/mol.